The van der Waals surface area contributed by atoms with Crippen molar-refractivity contribution in [3.63, 3.8) is 0 Å². The summed E-state index contributed by atoms with van der Waals surface area (Å²) in [5.74, 6) is -0.642. The highest BCUT2D eigenvalue weighted by Crippen LogP contribution is 2.31. The first kappa shape index (κ1) is 22.8. The third-order valence-electron chi connectivity index (χ3n) is 4.16. The molecule has 0 saturated heterocycles. The first-order chi connectivity index (χ1) is 14.7. The number of rotatable bonds is 4. The Morgan fingerprint density at radius 1 is 0.710 bits per heavy atom. The summed E-state index contributed by atoms with van der Waals surface area (Å²) in [6.45, 7) is 1.08. The molecule has 0 atom stereocenters. The molecule has 8 N–H and O–H groups in total. The molecule has 9 nitrogen and oxygen atoms in total. The predicted molar refractivity (Wildman–Crippen MR) is 117 cm³/mol. The van der Waals surface area contributed by atoms with Crippen molar-refractivity contribution in [2.45, 2.75) is 6.92 Å². The van der Waals surface area contributed by atoms with Crippen LogP contribution >= 0.6 is 0 Å². The number of hydrogen-bond donors (Lipinski definition) is 6. The number of benzene rings is 3. The molecule has 0 bridgehead atoms. The number of phenolic OH excluding ortho intramolecular Hbond substituents is 1. The zero-order valence-corrected chi connectivity index (χ0v) is 16.6. The van der Waals surface area contributed by atoms with E-state index >= 15 is 0 Å². The number of carboxylic acid groups (broad SMARTS) is 1. The van der Waals surface area contributed by atoms with Crippen LogP contribution in [0.25, 0.3) is 22.3 Å². The van der Waals surface area contributed by atoms with E-state index in [1.807, 2.05) is 30.3 Å². The minimum atomic E-state index is -0.833. The molecule has 0 spiro atoms. The second-order valence-electron chi connectivity index (χ2n) is 6.41. The molecule has 31 heavy (non-hydrogen) atoms. The Hall–Kier alpha value is -4.53. The van der Waals surface area contributed by atoms with Crippen LogP contribution in [0.4, 0.5) is 0 Å². The number of hydrogen-bond acceptors (Lipinski definition) is 6. The SMILES string of the molecule is CC(=O)O.N/C(=N/O)c1ccc(-c2cc(O)cc(-c3ccc(/C(N)=N\O)cc3)c2)cc1. The number of nitrogens with zero attached hydrogens (tertiary/aromatic N) is 2. The van der Waals surface area contributed by atoms with E-state index in [1.165, 1.54) is 0 Å². The molecule has 0 unspecified atom stereocenters. The van der Waals surface area contributed by atoms with Crippen LogP contribution in [-0.4, -0.2) is 38.3 Å². The number of aliphatic carboxylic acids is 1. The molecule has 0 aliphatic rings. The van der Waals surface area contributed by atoms with Gasteiger partial charge in [0.05, 0.1) is 0 Å². The monoisotopic (exact) mass is 422 g/mol. The zero-order valence-electron chi connectivity index (χ0n) is 16.6. The van der Waals surface area contributed by atoms with E-state index in [4.69, 9.17) is 31.8 Å². The Bertz CT molecular complexity index is 1020. The van der Waals surface area contributed by atoms with Gasteiger partial charge in [-0.3, -0.25) is 4.79 Å². The van der Waals surface area contributed by atoms with E-state index in [0.29, 0.717) is 11.1 Å². The van der Waals surface area contributed by atoms with Gasteiger partial charge in [0.25, 0.3) is 5.97 Å². The number of aromatic hydroxyl groups is 1. The molecule has 0 aromatic heterocycles. The molecule has 0 saturated carbocycles. The Kier molecular flexibility index (Phi) is 7.56. The van der Waals surface area contributed by atoms with Crippen LogP contribution in [0.1, 0.15) is 18.1 Å². The van der Waals surface area contributed by atoms with Gasteiger partial charge in [-0.15, -0.1) is 0 Å². The Balaban J connectivity index is 0.000000785. The van der Waals surface area contributed by atoms with Crippen LogP contribution in [0.3, 0.4) is 0 Å². The highest BCUT2D eigenvalue weighted by atomic mass is 16.4. The van der Waals surface area contributed by atoms with Crippen LogP contribution in [0.15, 0.2) is 77.0 Å². The molecule has 0 radical (unpaired) electrons. The van der Waals surface area contributed by atoms with Gasteiger partial charge in [0.15, 0.2) is 11.7 Å². The number of oxime groups is 2. The highest BCUT2D eigenvalue weighted by Gasteiger charge is 2.07. The van der Waals surface area contributed by atoms with Crippen molar-refractivity contribution < 1.29 is 25.4 Å². The van der Waals surface area contributed by atoms with Gasteiger partial charge in [0, 0.05) is 18.1 Å². The molecule has 0 fully saturated rings. The van der Waals surface area contributed by atoms with Gasteiger partial charge in [-0.1, -0.05) is 58.8 Å². The fourth-order valence-electron chi connectivity index (χ4n) is 2.73. The Morgan fingerprint density at radius 2 is 1.03 bits per heavy atom. The van der Waals surface area contributed by atoms with Crippen molar-refractivity contribution in [3.05, 3.63) is 77.9 Å². The largest absolute Gasteiger partial charge is 0.508 e. The highest BCUT2D eigenvalue weighted by molar-refractivity contribution is 5.98. The fraction of sp³-hybridized carbons (Fsp3) is 0.0455. The lowest BCUT2D eigenvalue weighted by atomic mass is 9.97. The molecule has 9 heteroatoms. The smallest absolute Gasteiger partial charge is 0.300 e. The standard InChI is InChI=1S/C20H18N4O3.C2H4O2/c21-19(23-26)14-5-1-12(2-6-14)16-9-17(11-18(25)10-16)13-3-7-15(8-4-13)20(22)24-27;1-2(3)4/h1-11,25-27H,(H2,21,23)(H2,22,24);1H3,(H,3,4). The van der Waals surface area contributed by atoms with Gasteiger partial charge < -0.3 is 32.1 Å². The van der Waals surface area contributed by atoms with Crippen molar-refractivity contribution in [2.24, 2.45) is 21.8 Å². The predicted octanol–water partition coefficient (Wildman–Crippen LogP) is 3.01. The molecular formula is C22H22N4O5. The molecule has 3 aromatic carbocycles. The number of amidine groups is 2. The van der Waals surface area contributed by atoms with E-state index in [9.17, 15) is 5.11 Å². The lowest BCUT2D eigenvalue weighted by Crippen LogP contribution is -2.12. The first-order valence-corrected chi connectivity index (χ1v) is 8.95. The van der Waals surface area contributed by atoms with E-state index in [-0.39, 0.29) is 17.4 Å². The minimum absolute atomic E-state index is 0.0314. The molecule has 0 aliphatic carbocycles. The van der Waals surface area contributed by atoms with E-state index in [2.05, 4.69) is 10.3 Å². The number of phenols is 1. The Labute approximate surface area is 178 Å². The summed E-state index contributed by atoms with van der Waals surface area (Å²) >= 11 is 0. The molecule has 3 rings (SSSR count). The van der Waals surface area contributed by atoms with E-state index < -0.39 is 5.97 Å². The minimum Gasteiger partial charge on any atom is -0.508 e. The summed E-state index contributed by atoms with van der Waals surface area (Å²) in [4.78, 5) is 9.00. The zero-order chi connectivity index (χ0) is 23.0. The fourth-order valence-corrected chi connectivity index (χ4v) is 2.73. The maximum Gasteiger partial charge on any atom is 0.300 e. The van der Waals surface area contributed by atoms with E-state index in [0.717, 1.165) is 29.2 Å². The second kappa shape index (κ2) is 10.3. The average molecular weight is 422 g/mol. The van der Waals surface area contributed by atoms with Gasteiger partial charge >= 0.3 is 0 Å². The van der Waals surface area contributed by atoms with Gasteiger partial charge in [-0.05, 0) is 40.5 Å². The summed E-state index contributed by atoms with van der Waals surface area (Å²) in [5.41, 5.74) is 15.7. The normalized spacial score (nSPS) is 11.4. The second-order valence-corrected chi connectivity index (χ2v) is 6.41. The molecule has 0 heterocycles. The van der Waals surface area contributed by atoms with Gasteiger partial charge in [0.2, 0.25) is 0 Å². The summed E-state index contributed by atoms with van der Waals surface area (Å²) in [6.07, 6.45) is 0. The maximum absolute atomic E-state index is 10.1. The topological polar surface area (TPSA) is 175 Å². The third kappa shape index (κ3) is 6.23. The van der Waals surface area contributed by atoms with Crippen molar-refractivity contribution in [2.75, 3.05) is 0 Å². The van der Waals surface area contributed by atoms with Crippen LogP contribution in [0.5, 0.6) is 5.75 Å². The molecule has 3 aromatic rings. The Morgan fingerprint density at radius 3 is 1.32 bits per heavy atom. The van der Waals surface area contributed by atoms with E-state index in [1.54, 1.807) is 36.4 Å². The van der Waals surface area contributed by atoms with Gasteiger partial charge in [-0.2, -0.15) is 0 Å². The lowest BCUT2D eigenvalue weighted by molar-refractivity contribution is -0.134. The van der Waals surface area contributed by atoms with Crippen molar-refractivity contribution in [1.82, 2.24) is 0 Å². The number of carbonyl (C=O) groups is 1. The van der Waals surface area contributed by atoms with Gasteiger partial charge in [0.1, 0.15) is 5.75 Å². The molecular weight excluding hydrogens is 400 g/mol. The van der Waals surface area contributed by atoms with Crippen LogP contribution < -0.4 is 11.5 Å². The van der Waals surface area contributed by atoms with Crippen molar-refractivity contribution >= 4 is 17.6 Å². The molecule has 0 amide bonds. The molecule has 0 aliphatic heterocycles. The first-order valence-electron chi connectivity index (χ1n) is 8.95. The van der Waals surface area contributed by atoms with Crippen molar-refractivity contribution in [3.8, 4) is 28.0 Å². The van der Waals surface area contributed by atoms with Crippen molar-refractivity contribution in [1.29, 1.82) is 0 Å². The average Bonchev–Trinajstić information content (AvgIpc) is 2.77. The maximum atomic E-state index is 10.1. The molecule has 160 valence electrons. The summed E-state index contributed by atoms with van der Waals surface area (Å²) in [7, 11) is 0. The third-order valence-corrected chi connectivity index (χ3v) is 4.16. The summed E-state index contributed by atoms with van der Waals surface area (Å²) in [6, 6.07) is 19.5. The lowest BCUT2D eigenvalue weighted by Gasteiger charge is -2.09. The summed E-state index contributed by atoms with van der Waals surface area (Å²) < 4.78 is 0. The number of carboxylic acids is 1. The van der Waals surface area contributed by atoms with Gasteiger partial charge in [-0.25, -0.2) is 0 Å². The quantitative estimate of drug-likeness (QED) is 0.162. The van der Waals surface area contributed by atoms with Crippen LogP contribution in [-0.2, 0) is 4.79 Å². The van der Waals surface area contributed by atoms with Crippen LogP contribution in [0, 0.1) is 0 Å². The summed E-state index contributed by atoms with van der Waals surface area (Å²) in [5, 5.41) is 41.0. The van der Waals surface area contributed by atoms with Crippen LogP contribution in [0.2, 0.25) is 0 Å². The number of nitrogens with two attached hydrogens (primary N) is 2.